The molecule has 3 aliphatic rings. The predicted molar refractivity (Wildman–Crippen MR) is 89.3 cm³/mol. The molecule has 4 rings (SSSR count). The highest BCUT2D eigenvalue weighted by atomic mass is 32.2. The van der Waals surface area contributed by atoms with E-state index in [9.17, 15) is 18.8 Å². The van der Waals surface area contributed by atoms with Crippen LogP contribution in [0.4, 0.5) is 15.8 Å². The molecule has 3 amide bonds. The van der Waals surface area contributed by atoms with E-state index in [0.717, 1.165) is 17.7 Å². The van der Waals surface area contributed by atoms with Crippen molar-refractivity contribution < 1.29 is 18.8 Å². The summed E-state index contributed by atoms with van der Waals surface area (Å²) in [5.41, 5.74) is 1.95. The number of nitrogens with zero attached hydrogens (tertiary/aromatic N) is 1. The molecule has 1 aromatic carbocycles. The average Bonchev–Trinajstić information content (AvgIpc) is 3.01. The molecule has 1 aliphatic carbocycles. The lowest BCUT2D eigenvalue weighted by Gasteiger charge is -2.17. The number of hydrogen-bond acceptors (Lipinski definition) is 4. The number of fused-ring (bicyclic) bond motifs is 1. The van der Waals surface area contributed by atoms with Gasteiger partial charge < -0.3 is 5.32 Å². The van der Waals surface area contributed by atoms with Crippen LogP contribution in [-0.2, 0) is 14.4 Å². The number of benzene rings is 1. The lowest BCUT2D eigenvalue weighted by Crippen LogP contribution is -2.32. The van der Waals surface area contributed by atoms with Crippen molar-refractivity contribution in [2.45, 2.75) is 30.9 Å². The number of anilines is 2. The highest BCUT2D eigenvalue weighted by molar-refractivity contribution is 7.99. The summed E-state index contributed by atoms with van der Waals surface area (Å²) in [7, 11) is 0. The fraction of sp³-hybridized carbons (Fsp3) is 0.353. The summed E-state index contributed by atoms with van der Waals surface area (Å²) in [6, 6.07) is 2.65. The molecule has 0 saturated heterocycles. The SMILES string of the molecule is CSC1C(=O)Nc2cc(N3C(=O)C4=C(CCCC4)C3=O)c(F)cc21. The summed E-state index contributed by atoms with van der Waals surface area (Å²) < 4.78 is 14.6. The molecule has 124 valence electrons. The Hall–Kier alpha value is -2.15. The van der Waals surface area contributed by atoms with Crippen LogP contribution >= 0.6 is 11.8 Å². The van der Waals surface area contributed by atoms with Crippen LogP contribution in [0, 0.1) is 5.82 Å². The van der Waals surface area contributed by atoms with Crippen molar-refractivity contribution in [3.63, 3.8) is 0 Å². The first kappa shape index (κ1) is 15.4. The normalized spacial score (nSPS) is 22.8. The molecule has 0 aromatic heterocycles. The van der Waals surface area contributed by atoms with Gasteiger partial charge in [0.25, 0.3) is 11.8 Å². The topological polar surface area (TPSA) is 66.5 Å². The Kier molecular flexibility index (Phi) is 3.49. The van der Waals surface area contributed by atoms with Crippen LogP contribution in [0.3, 0.4) is 0 Å². The van der Waals surface area contributed by atoms with Gasteiger partial charge in [-0.25, -0.2) is 9.29 Å². The molecule has 0 spiro atoms. The van der Waals surface area contributed by atoms with Gasteiger partial charge in [-0.2, -0.15) is 0 Å². The average molecular weight is 346 g/mol. The third-order valence-corrected chi connectivity index (χ3v) is 5.70. The Morgan fingerprint density at radius 2 is 1.75 bits per heavy atom. The Balaban J connectivity index is 1.77. The molecule has 2 heterocycles. The van der Waals surface area contributed by atoms with Gasteiger partial charge in [0.15, 0.2) is 0 Å². The molecule has 1 unspecified atom stereocenters. The van der Waals surface area contributed by atoms with Gasteiger partial charge in [-0.15, -0.1) is 11.8 Å². The molecule has 5 nitrogen and oxygen atoms in total. The molecule has 2 aliphatic heterocycles. The van der Waals surface area contributed by atoms with E-state index < -0.39 is 22.9 Å². The fourth-order valence-corrected chi connectivity index (χ4v) is 4.33. The number of thioether (sulfide) groups is 1. The summed E-state index contributed by atoms with van der Waals surface area (Å²) in [5.74, 6) is -1.74. The van der Waals surface area contributed by atoms with E-state index in [4.69, 9.17) is 0 Å². The zero-order valence-electron chi connectivity index (χ0n) is 13.0. The van der Waals surface area contributed by atoms with Crippen molar-refractivity contribution in [2.75, 3.05) is 16.5 Å². The largest absolute Gasteiger partial charge is 0.324 e. The minimum atomic E-state index is -0.661. The Labute approximate surface area is 142 Å². The van der Waals surface area contributed by atoms with E-state index in [-0.39, 0.29) is 11.6 Å². The van der Waals surface area contributed by atoms with Gasteiger partial charge in [0.05, 0.1) is 5.69 Å². The van der Waals surface area contributed by atoms with Crippen molar-refractivity contribution in [1.29, 1.82) is 0 Å². The van der Waals surface area contributed by atoms with Crippen molar-refractivity contribution in [1.82, 2.24) is 0 Å². The Morgan fingerprint density at radius 3 is 2.33 bits per heavy atom. The monoisotopic (exact) mass is 346 g/mol. The molecular weight excluding hydrogens is 331 g/mol. The van der Waals surface area contributed by atoms with Crippen LogP contribution in [0.2, 0.25) is 0 Å². The van der Waals surface area contributed by atoms with Crippen LogP contribution in [0.1, 0.15) is 36.5 Å². The minimum absolute atomic E-state index is 0.0831. The Bertz CT molecular complexity index is 805. The van der Waals surface area contributed by atoms with Gasteiger partial charge in [-0.3, -0.25) is 14.4 Å². The zero-order chi connectivity index (χ0) is 17.0. The number of amides is 3. The number of halogens is 1. The van der Waals surface area contributed by atoms with E-state index in [1.165, 1.54) is 23.9 Å². The highest BCUT2D eigenvalue weighted by Gasteiger charge is 2.42. The van der Waals surface area contributed by atoms with E-state index in [2.05, 4.69) is 5.32 Å². The van der Waals surface area contributed by atoms with Crippen molar-refractivity contribution >= 4 is 40.9 Å². The number of hydrogen-bond donors (Lipinski definition) is 1. The first-order valence-electron chi connectivity index (χ1n) is 7.81. The van der Waals surface area contributed by atoms with Crippen LogP contribution < -0.4 is 10.2 Å². The second-order valence-corrected chi connectivity index (χ2v) is 7.05. The number of carbonyl (C=O) groups is 3. The van der Waals surface area contributed by atoms with Crippen LogP contribution in [0.5, 0.6) is 0 Å². The molecule has 0 radical (unpaired) electrons. The zero-order valence-corrected chi connectivity index (χ0v) is 13.8. The lowest BCUT2D eigenvalue weighted by atomic mass is 9.93. The maximum Gasteiger partial charge on any atom is 0.261 e. The third kappa shape index (κ3) is 2.04. The summed E-state index contributed by atoms with van der Waals surface area (Å²) in [6.45, 7) is 0. The molecule has 0 fully saturated rings. The third-order valence-electron chi connectivity index (χ3n) is 4.76. The molecule has 0 saturated carbocycles. The van der Waals surface area contributed by atoms with Gasteiger partial charge in [0, 0.05) is 22.4 Å². The summed E-state index contributed by atoms with van der Waals surface area (Å²) in [4.78, 5) is 38.0. The Morgan fingerprint density at radius 1 is 1.12 bits per heavy atom. The maximum atomic E-state index is 14.6. The number of carbonyl (C=O) groups excluding carboxylic acids is 3. The maximum absolute atomic E-state index is 14.6. The first-order valence-corrected chi connectivity index (χ1v) is 9.09. The summed E-state index contributed by atoms with van der Waals surface area (Å²) in [5, 5.41) is 2.22. The highest BCUT2D eigenvalue weighted by Crippen LogP contribution is 2.43. The van der Waals surface area contributed by atoms with Gasteiger partial charge in [-0.05, 0) is 44.1 Å². The molecule has 7 heteroatoms. The van der Waals surface area contributed by atoms with Crippen molar-refractivity contribution in [3.05, 3.63) is 34.7 Å². The molecule has 1 aromatic rings. The van der Waals surface area contributed by atoms with E-state index in [1.54, 1.807) is 6.26 Å². The second-order valence-electron chi connectivity index (χ2n) is 6.11. The van der Waals surface area contributed by atoms with Gasteiger partial charge in [-0.1, -0.05) is 0 Å². The second kappa shape index (κ2) is 5.44. The number of nitrogens with one attached hydrogen (secondary N) is 1. The van der Waals surface area contributed by atoms with Gasteiger partial charge in [0.2, 0.25) is 5.91 Å². The van der Waals surface area contributed by atoms with Crippen LogP contribution in [-0.4, -0.2) is 24.0 Å². The predicted octanol–water partition coefficient (Wildman–Crippen LogP) is 2.93. The van der Waals surface area contributed by atoms with E-state index in [0.29, 0.717) is 35.2 Å². The summed E-state index contributed by atoms with van der Waals surface area (Å²) in [6.07, 6.45) is 4.63. The van der Waals surface area contributed by atoms with E-state index in [1.807, 2.05) is 0 Å². The number of imide groups is 1. The minimum Gasteiger partial charge on any atom is -0.324 e. The van der Waals surface area contributed by atoms with Crippen molar-refractivity contribution in [2.24, 2.45) is 0 Å². The van der Waals surface area contributed by atoms with Gasteiger partial charge >= 0.3 is 0 Å². The molecule has 0 bridgehead atoms. The van der Waals surface area contributed by atoms with Gasteiger partial charge in [0.1, 0.15) is 11.1 Å². The standard InChI is InChI=1S/C17H15FN2O3S/c1-24-14-10-6-11(18)13(7-12(10)19-15(14)21)20-16(22)8-4-2-3-5-9(8)17(20)23/h6-7,14H,2-5H2,1H3,(H,19,21). The van der Waals surface area contributed by atoms with Crippen LogP contribution in [0.25, 0.3) is 0 Å². The molecule has 1 N–H and O–H groups in total. The number of rotatable bonds is 2. The van der Waals surface area contributed by atoms with Crippen LogP contribution in [0.15, 0.2) is 23.3 Å². The molecule has 24 heavy (non-hydrogen) atoms. The first-order chi connectivity index (χ1) is 11.5. The smallest absolute Gasteiger partial charge is 0.261 e. The molecular formula is C17H15FN2O3S. The van der Waals surface area contributed by atoms with E-state index >= 15 is 0 Å². The lowest BCUT2D eigenvalue weighted by molar-refractivity contribution is -0.121. The summed E-state index contributed by atoms with van der Waals surface area (Å²) >= 11 is 1.31. The molecule has 1 atom stereocenters. The fourth-order valence-electron chi connectivity index (χ4n) is 3.61. The van der Waals surface area contributed by atoms with Crippen molar-refractivity contribution in [3.8, 4) is 0 Å². The quantitative estimate of drug-likeness (QED) is 0.836.